The smallest absolute Gasteiger partial charge is 0.257 e. The Balaban J connectivity index is 2.06. The van der Waals surface area contributed by atoms with Crippen LogP contribution in [0.5, 0.6) is 0 Å². The maximum Gasteiger partial charge on any atom is 0.257 e. The molecule has 0 aliphatic carbocycles. The Kier molecular flexibility index (Phi) is 5.11. The minimum atomic E-state index is -0.239. The van der Waals surface area contributed by atoms with Crippen LogP contribution in [0.1, 0.15) is 24.2 Å². The molecule has 0 spiro atoms. The molecule has 110 valence electrons. The number of nitrogens with zero attached hydrogens (tertiary/aromatic N) is 3. The average Bonchev–Trinajstić information content (AvgIpc) is 2.51. The molecule has 0 radical (unpaired) electrons. The van der Waals surface area contributed by atoms with Gasteiger partial charge in [-0.05, 0) is 38.1 Å². The minimum Gasteiger partial charge on any atom is -0.357 e. The van der Waals surface area contributed by atoms with Crippen molar-refractivity contribution in [1.82, 2.24) is 9.97 Å². The van der Waals surface area contributed by atoms with Crippen LogP contribution in [0.4, 0.5) is 11.5 Å². The quantitative estimate of drug-likeness (QED) is 0.862. The maximum absolute atomic E-state index is 12.0. The molecule has 2 aromatic heterocycles. The molecule has 2 aromatic rings. The monoisotopic (exact) mass is 304 g/mol. The van der Waals surface area contributed by atoms with Crippen LogP contribution in [-0.4, -0.2) is 29.0 Å². The standard InChI is InChI=1S/C15H17ClN4O/c1-3-20(4-2)14-8-6-12(10-18-14)19-15(21)11-5-7-13(16)17-9-11/h5-10H,3-4H2,1-2H3,(H,19,21). The first-order chi connectivity index (χ1) is 10.1. The summed E-state index contributed by atoms with van der Waals surface area (Å²) < 4.78 is 0. The summed E-state index contributed by atoms with van der Waals surface area (Å²) in [6.45, 7) is 5.94. The molecule has 0 atom stereocenters. The summed E-state index contributed by atoms with van der Waals surface area (Å²) in [5.41, 5.74) is 1.10. The third-order valence-corrected chi connectivity index (χ3v) is 3.31. The summed E-state index contributed by atoms with van der Waals surface area (Å²) in [6.07, 6.45) is 3.09. The Labute approximate surface area is 129 Å². The summed E-state index contributed by atoms with van der Waals surface area (Å²) in [5.74, 6) is 0.655. The van der Waals surface area contributed by atoms with Gasteiger partial charge in [0.2, 0.25) is 0 Å². The van der Waals surface area contributed by atoms with Gasteiger partial charge < -0.3 is 10.2 Å². The van der Waals surface area contributed by atoms with Crippen molar-refractivity contribution in [2.24, 2.45) is 0 Å². The van der Waals surface area contributed by atoms with Gasteiger partial charge in [-0.3, -0.25) is 4.79 Å². The zero-order chi connectivity index (χ0) is 15.2. The maximum atomic E-state index is 12.0. The first kappa shape index (κ1) is 15.3. The van der Waals surface area contributed by atoms with E-state index in [-0.39, 0.29) is 5.91 Å². The lowest BCUT2D eigenvalue weighted by Gasteiger charge is -2.19. The van der Waals surface area contributed by atoms with Crippen molar-refractivity contribution in [2.45, 2.75) is 13.8 Å². The number of amides is 1. The highest BCUT2D eigenvalue weighted by Crippen LogP contribution is 2.15. The van der Waals surface area contributed by atoms with E-state index in [9.17, 15) is 4.79 Å². The molecule has 0 aromatic carbocycles. The molecular formula is C15H17ClN4O. The summed E-state index contributed by atoms with van der Waals surface area (Å²) >= 11 is 5.69. The number of rotatable bonds is 5. The first-order valence-electron chi connectivity index (χ1n) is 6.78. The van der Waals surface area contributed by atoms with Crippen LogP contribution >= 0.6 is 11.6 Å². The van der Waals surface area contributed by atoms with Crippen LogP contribution in [0.2, 0.25) is 5.15 Å². The van der Waals surface area contributed by atoms with Crippen LogP contribution in [0, 0.1) is 0 Å². The number of halogens is 1. The highest BCUT2D eigenvalue weighted by atomic mass is 35.5. The number of anilines is 2. The lowest BCUT2D eigenvalue weighted by Crippen LogP contribution is -2.22. The van der Waals surface area contributed by atoms with Gasteiger partial charge >= 0.3 is 0 Å². The SMILES string of the molecule is CCN(CC)c1ccc(NC(=O)c2ccc(Cl)nc2)cn1. The average molecular weight is 305 g/mol. The van der Waals surface area contributed by atoms with E-state index in [0.29, 0.717) is 16.4 Å². The van der Waals surface area contributed by atoms with Crippen molar-refractivity contribution in [3.8, 4) is 0 Å². The van der Waals surface area contributed by atoms with Crippen LogP contribution in [0.25, 0.3) is 0 Å². The molecule has 0 aliphatic rings. The minimum absolute atomic E-state index is 0.239. The predicted molar refractivity (Wildman–Crippen MR) is 85.0 cm³/mol. The molecular weight excluding hydrogens is 288 g/mol. The van der Waals surface area contributed by atoms with E-state index in [1.165, 1.54) is 6.20 Å². The third-order valence-electron chi connectivity index (χ3n) is 3.08. The number of hydrogen-bond acceptors (Lipinski definition) is 4. The summed E-state index contributed by atoms with van der Waals surface area (Å²) in [6, 6.07) is 6.94. The van der Waals surface area contributed by atoms with Gasteiger partial charge in [0.1, 0.15) is 11.0 Å². The molecule has 1 N–H and O–H groups in total. The molecule has 5 nitrogen and oxygen atoms in total. The summed E-state index contributed by atoms with van der Waals surface area (Å²) in [7, 11) is 0. The largest absolute Gasteiger partial charge is 0.357 e. The van der Waals surface area contributed by atoms with Crippen molar-refractivity contribution in [3.63, 3.8) is 0 Å². The summed E-state index contributed by atoms with van der Waals surface area (Å²) in [5, 5.41) is 3.13. The van der Waals surface area contributed by atoms with Gasteiger partial charge in [0, 0.05) is 19.3 Å². The molecule has 0 fully saturated rings. The van der Waals surface area contributed by atoms with Crippen LogP contribution in [-0.2, 0) is 0 Å². The Morgan fingerprint density at radius 1 is 1.14 bits per heavy atom. The van der Waals surface area contributed by atoms with Crippen LogP contribution in [0.3, 0.4) is 0 Å². The second-order valence-corrected chi connectivity index (χ2v) is 4.79. The van der Waals surface area contributed by atoms with E-state index in [1.54, 1.807) is 18.3 Å². The zero-order valence-electron chi connectivity index (χ0n) is 12.0. The van der Waals surface area contributed by atoms with Crippen molar-refractivity contribution >= 4 is 29.0 Å². The number of carbonyl (C=O) groups is 1. The Bertz CT molecular complexity index is 594. The lowest BCUT2D eigenvalue weighted by atomic mass is 10.2. The van der Waals surface area contributed by atoms with Crippen LogP contribution in [0.15, 0.2) is 36.7 Å². The highest BCUT2D eigenvalue weighted by molar-refractivity contribution is 6.29. The third kappa shape index (κ3) is 3.92. The highest BCUT2D eigenvalue weighted by Gasteiger charge is 2.08. The number of carbonyl (C=O) groups excluding carboxylic acids is 1. The van der Waals surface area contributed by atoms with Gasteiger partial charge in [-0.1, -0.05) is 11.6 Å². The fraction of sp³-hybridized carbons (Fsp3) is 0.267. The van der Waals surface area contributed by atoms with Crippen molar-refractivity contribution < 1.29 is 4.79 Å². The fourth-order valence-electron chi connectivity index (χ4n) is 1.91. The van der Waals surface area contributed by atoms with Gasteiger partial charge in [-0.15, -0.1) is 0 Å². The molecule has 1 amide bonds. The number of aromatic nitrogens is 2. The van der Waals surface area contributed by atoms with Crippen molar-refractivity contribution in [2.75, 3.05) is 23.3 Å². The van der Waals surface area contributed by atoms with E-state index >= 15 is 0 Å². The van der Waals surface area contributed by atoms with Gasteiger partial charge in [0.15, 0.2) is 0 Å². The second-order valence-electron chi connectivity index (χ2n) is 4.40. The second kappa shape index (κ2) is 7.04. The molecule has 2 heterocycles. The van der Waals surface area contributed by atoms with E-state index < -0.39 is 0 Å². The van der Waals surface area contributed by atoms with E-state index in [0.717, 1.165) is 18.9 Å². The van der Waals surface area contributed by atoms with Gasteiger partial charge in [-0.2, -0.15) is 0 Å². The van der Waals surface area contributed by atoms with E-state index in [1.807, 2.05) is 12.1 Å². The summed E-state index contributed by atoms with van der Waals surface area (Å²) in [4.78, 5) is 22.4. The van der Waals surface area contributed by atoms with Gasteiger partial charge in [0.05, 0.1) is 17.4 Å². The Hall–Kier alpha value is -2.14. The van der Waals surface area contributed by atoms with Crippen molar-refractivity contribution in [3.05, 3.63) is 47.4 Å². The molecule has 0 aliphatic heterocycles. The van der Waals surface area contributed by atoms with Crippen LogP contribution < -0.4 is 10.2 Å². The number of hydrogen-bond donors (Lipinski definition) is 1. The molecule has 0 unspecified atom stereocenters. The number of nitrogens with one attached hydrogen (secondary N) is 1. The normalized spacial score (nSPS) is 10.2. The van der Waals surface area contributed by atoms with Gasteiger partial charge in [0.25, 0.3) is 5.91 Å². The zero-order valence-corrected chi connectivity index (χ0v) is 12.8. The fourth-order valence-corrected chi connectivity index (χ4v) is 2.02. The molecule has 6 heteroatoms. The van der Waals surface area contributed by atoms with Crippen molar-refractivity contribution in [1.29, 1.82) is 0 Å². The molecule has 0 bridgehead atoms. The first-order valence-corrected chi connectivity index (χ1v) is 7.15. The van der Waals surface area contributed by atoms with E-state index in [2.05, 4.69) is 34.0 Å². The lowest BCUT2D eigenvalue weighted by molar-refractivity contribution is 0.102. The molecule has 0 saturated carbocycles. The Morgan fingerprint density at radius 3 is 2.43 bits per heavy atom. The topological polar surface area (TPSA) is 58.1 Å². The molecule has 21 heavy (non-hydrogen) atoms. The van der Waals surface area contributed by atoms with Gasteiger partial charge in [-0.25, -0.2) is 9.97 Å². The molecule has 0 saturated heterocycles. The molecule has 2 rings (SSSR count). The Morgan fingerprint density at radius 2 is 1.90 bits per heavy atom. The van der Waals surface area contributed by atoms with E-state index in [4.69, 9.17) is 11.6 Å². The number of pyridine rings is 2. The predicted octanol–water partition coefficient (Wildman–Crippen LogP) is 3.23.